The fourth-order valence-corrected chi connectivity index (χ4v) is 5.21. The lowest BCUT2D eigenvalue weighted by Gasteiger charge is -2.45. The third kappa shape index (κ3) is 6.00. The van der Waals surface area contributed by atoms with Gasteiger partial charge in [-0.15, -0.1) is 10.2 Å². The molecule has 1 aliphatic carbocycles. The highest BCUT2D eigenvalue weighted by molar-refractivity contribution is 5.96. The van der Waals surface area contributed by atoms with Gasteiger partial charge in [0.2, 0.25) is 5.91 Å². The van der Waals surface area contributed by atoms with Gasteiger partial charge in [0.1, 0.15) is 5.82 Å². The van der Waals surface area contributed by atoms with Gasteiger partial charge in [-0.05, 0) is 53.6 Å². The van der Waals surface area contributed by atoms with Gasteiger partial charge < -0.3 is 10.2 Å². The van der Waals surface area contributed by atoms with E-state index in [0.717, 1.165) is 24.3 Å². The van der Waals surface area contributed by atoms with Crippen LogP contribution in [0.4, 0.5) is 24.5 Å². The molecule has 0 aliphatic heterocycles. The summed E-state index contributed by atoms with van der Waals surface area (Å²) in [4.78, 5) is 15.4. The maximum Gasteiger partial charge on any atom is 0.250 e. The van der Waals surface area contributed by atoms with E-state index in [0.29, 0.717) is 23.1 Å². The molecule has 3 aromatic rings. The summed E-state index contributed by atoms with van der Waals surface area (Å²) in [5.74, 6) is -2.82. The van der Waals surface area contributed by atoms with Crippen molar-refractivity contribution in [1.29, 1.82) is 0 Å². The number of anilines is 2. The largest absolute Gasteiger partial charge is 0.369 e. The van der Waals surface area contributed by atoms with Crippen LogP contribution in [-0.4, -0.2) is 45.5 Å². The van der Waals surface area contributed by atoms with Crippen molar-refractivity contribution < 1.29 is 18.0 Å². The molecule has 1 saturated carbocycles. The van der Waals surface area contributed by atoms with Crippen molar-refractivity contribution in [3.63, 3.8) is 0 Å². The normalized spacial score (nSPS) is 15.9. The molecular weight excluding hydrogens is 493 g/mol. The van der Waals surface area contributed by atoms with Crippen LogP contribution in [0.3, 0.4) is 0 Å². The number of carbonyl (C=O) groups excluding carboxylic acids is 1. The van der Waals surface area contributed by atoms with E-state index in [-0.39, 0.29) is 17.8 Å². The van der Waals surface area contributed by atoms with Gasteiger partial charge in [0.25, 0.3) is 5.92 Å². The Bertz CT molecular complexity index is 1260. The van der Waals surface area contributed by atoms with Crippen molar-refractivity contribution in [2.45, 2.75) is 65.2 Å². The summed E-state index contributed by atoms with van der Waals surface area (Å²) in [7, 11) is 0. The zero-order valence-electron chi connectivity index (χ0n) is 22.5. The number of rotatable bonds is 10. The van der Waals surface area contributed by atoms with Gasteiger partial charge in [-0.1, -0.05) is 51.1 Å². The van der Waals surface area contributed by atoms with Gasteiger partial charge in [0.15, 0.2) is 5.82 Å². The molecule has 1 aliphatic rings. The monoisotopic (exact) mass is 528 g/mol. The van der Waals surface area contributed by atoms with Crippen LogP contribution in [0.2, 0.25) is 0 Å². The zero-order chi connectivity index (χ0) is 27.7. The Balaban J connectivity index is 1.74. The maximum atomic E-state index is 14.5. The summed E-state index contributed by atoms with van der Waals surface area (Å²) >= 11 is 0. The molecule has 1 fully saturated rings. The van der Waals surface area contributed by atoms with Crippen molar-refractivity contribution in [2.75, 3.05) is 23.3 Å². The van der Waals surface area contributed by atoms with E-state index < -0.39 is 35.9 Å². The lowest BCUT2D eigenvalue weighted by Crippen LogP contribution is -2.50. The molecule has 0 atom stereocenters. The summed E-state index contributed by atoms with van der Waals surface area (Å²) in [5, 5.41) is 17.0. The minimum atomic E-state index is -2.85. The second kappa shape index (κ2) is 10.7. The first-order valence-corrected chi connectivity index (χ1v) is 12.9. The first-order valence-electron chi connectivity index (χ1n) is 12.9. The average Bonchev–Trinajstić information content (AvgIpc) is 3.33. The molecule has 1 amide bonds. The Morgan fingerprint density at radius 2 is 1.76 bits per heavy atom. The summed E-state index contributed by atoms with van der Waals surface area (Å²) in [6.07, 6.45) is -1.07. The number of aryl methyl sites for hydroxylation is 1. The number of alkyl halides is 2. The van der Waals surface area contributed by atoms with E-state index in [1.807, 2.05) is 12.1 Å². The molecule has 0 saturated heterocycles. The number of hydrogen-bond donors (Lipinski definition) is 2. The lowest BCUT2D eigenvalue weighted by molar-refractivity contribution is -0.116. The fourth-order valence-electron chi connectivity index (χ4n) is 5.21. The number of nitrogens with zero attached hydrogens (tertiary/aromatic N) is 4. The number of halogens is 3. The van der Waals surface area contributed by atoms with Gasteiger partial charge in [-0.25, -0.2) is 13.2 Å². The van der Waals surface area contributed by atoms with Crippen molar-refractivity contribution >= 4 is 17.3 Å². The summed E-state index contributed by atoms with van der Waals surface area (Å²) in [6, 6.07) is 10.2. The second-order valence-electron chi connectivity index (χ2n) is 11.3. The Morgan fingerprint density at radius 3 is 2.32 bits per heavy atom. The maximum absolute atomic E-state index is 14.5. The molecule has 2 N–H and O–H groups in total. The first-order chi connectivity index (χ1) is 17.9. The van der Waals surface area contributed by atoms with E-state index in [1.54, 1.807) is 25.1 Å². The smallest absolute Gasteiger partial charge is 0.250 e. The van der Waals surface area contributed by atoms with E-state index in [4.69, 9.17) is 0 Å². The third-order valence-corrected chi connectivity index (χ3v) is 6.79. The van der Waals surface area contributed by atoms with Crippen LogP contribution < -0.4 is 10.2 Å². The van der Waals surface area contributed by atoms with Crippen molar-refractivity contribution in [1.82, 2.24) is 20.6 Å². The predicted octanol–water partition coefficient (Wildman–Crippen LogP) is 5.66. The number of tetrazole rings is 1. The van der Waals surface area contributed by atoms with Crippen LogP contribution in [0.25, 0.3) is 0 Å². The van der Waals surface area contributed by atoms with Crippen LogP contribution >= 0.6 is 0 Å². The first kappa shape index (κ1) is 27.6. The van der Waals surface area contributed by atoms with E-state index in [9.17, 15) is 18.0 Å². The molecular formula is C28H35F3N6O. The summed E-state index contributed by atoms with van der Waals surface area (Å²) in [5.41, 5.74) is 1.76. The summed E-state index contributed by atoms with van der Waals surface area (Å²) in [6.45, 7) is 11.7. The Labute approximate surface area is 221 Å². The number of hydrogen-bond acceptors (Lipinski definition) is 5. The van der Waals surface area contributed by atoms with Crippen molar-refractivity contribution in [3.05, 3.63) is 64.7 Å². The molecule has 1 heterocycles. The zero-order valence-corrected chi connectivity index (χ0v) is 22.5. The quantitative estimate of drug-likeness (QED) is 0.355. The number of benzene rings is 2. The number of aromatic nitrogens is 4. The second-order valence-corrected chi connectivity index (χ2v) is 11.3. The highest BCUT2D eigenvalue weighted by atomic mass is 19.3. The fraction of sp³-hybridized carbons (Fsp3) is 0.500. The average molecular weight is 529 g/mol. The van der Waals surface area contributed by atoms with Crippen LogP contribution in [0.5, 0.6) is 0 Å². The molecule has 1 aromatic heterocycles. The molecule has 204 valence electrons. The highest BCUT2D eigenvalue weighted by Crippen LogP contribution is 2.56. The van der Waals surface area contributed by atoms with Crippen molar-refractivity contribution in [3.8, 4) is 0 Å². The van der Waals surface area contributed by atoms with Gasteiger partial charge in [0, 0.05) is 25.9 Å². The van der Waals surface area contributed by atoms with Crippen molar-refractivity contribution in [2.24, 2.45) is 11.8 Å². The molecule has 0 spiro atoms. The standard InChI is InChI=1S/C28H35F3N6O/c1-17(2)13-37(14-18(3)4)24-9-8-21(27(15-28(30,31)16-27)26-33-35-36-34-26)12-23(24)32-25(38)11-20-7-6-19(5)10-22(20)29/h6-10,12,17-18H,11,13-16H2,1-5H3,(H,32,38)(H,33,34,35,36). The number of amides is 1. The number of carbonyl (C=O) groups is 1. The molecule has 38 heavy (non-hydrogen) atoms. The number of H-pyrrole nitrogens is 1. The summed E-state index contributed by atoms with van der Waals surface area (Å²) < 4.78 is 42.9. The van der Waals surface area contributed by atoms with Gasteiger partial charge in [-0.2, -0.15) is 5.21 Å². The molecule has 4 rings (SSSR count). The molecule has 0 radical (unpaired) electrons. The number of nitrogens with one attached hydrogen (secondary N) is 2. The number of aromatic amines is 1. The van der Waals surface area contributed by atoms with Crippen LogP contribution in [0.15, 0.2) is 36.4 Å². The third-order valence-electron chi connectivity index (χ3n) is 6.79. The van der Waals surface area contributed by atoms with Crippen LogP contribution in [0.1, 0.15) is 63.1 Å². The lowest BCUT2D eigenvalue weighted by atomic mass is 9.61. The molecule has 7 nitrogen and oxygen atoms in total. The van der Waals surface area contributed by atoms with E-state index in [2.05, 4.69) is 58.5 Å². The van der Waals surface area contributed by atoms with Crippen LogP contribution in [-0.2, 0) is 16.6 Å². The Kier molecular flexibility index (Phi) is 7.80. The minimum absolute atomic E-state index is 0.155. The Hall–Kier alpha value is -3.43. The topological polar surface area (TPSA) is 86.8 Å². The molecule has 0 unspecified atom stereocenters. The highest BCUT2D eigenvalue weighted by Gasteiger charge is 2.60. The molecule has 0 bridgehead atoms. The van der Waals surface area contributed by atoms with Gasteiger partial charge in [0.05, 0.1) is 23.2 Å². The molecule has 10 heteroatoms. The molecule has 2 aromatic carbocycles. The van der Waals surface area contributed by atoms with E-state index in [1.165, 1.54) is 6.07 Å². The van der Waals surface area contributed by atoms with Gasteiger partial charge >= 0.3 is 0 Å². The van der Waals surface area contributed by atoms with Crippen LogP contribution in [0, 0.1) is 24.6 Å². The minimum Gasteiger partial charge on any atom is -0.369 e. The SMILES string of the molecule is Cc1ccc(CC(=O)Nc2cc(C3(c4nn[nH]n4)CC(F)(F)C3)ccc2N(CC(C)C)CC(C)C)c(F)c1. The Morgan fingerprint density at radius 1 is 1.08 bits per heavy atom. The predicted molar refractivity (Wildman–Crippen MR) is 141 cm³/mol. The van der Waals surface area contributed by atoms with Gasteiger partial charge in [-0.3, -0.25) is 4.79 Å². The van der Waals surface area contributed by atoms with E-state index >= 15 is 0 Å².